The minimum Gasteiger partial charge on any atom is -0.496 e. The maximum atomic E-state index is 11.7. The van der Waals surface area contributed by atoms with Gasteiger partial charge in [0, 0.05) is 16.3 Å². The molecule has 2 N–H and O–H groups in total. The van der Waals surface area contributed by atoms with Gasteiger partial charge in [0.05, 0.1) is 19.9 Å². The number of benzene rings is 2. The Morgan fingerprint density at radius 1 is 1.27 bits per heavy atom. The van der Waals surface area contributed by atoms with E-state index < -0.39 is 0 Å². The first-order valence-electron chi connectivity index (χ1n) is 6.63. The lowest BCUT2D eigenvalue weighted by molar-refractivity contribution is -0.119. The van der Waals surface area contributed by atoms with Gasteiger partial charge in [-0.3, -0.25) is 4.79 Å². The molecule has 0 aliphatic rings. The first kappa shape index (κ1) is 15.9. The number of nitrogens with one attached hydrogen (secondary N) is 2. The molecular formula is C16H16ClN3O2. The van der Waals surface area contributed by atoms with Crippen LogP contribution < -0.4 is 15.5 Å². The van der Waals surface area contributed by atoms with E-state index >= 15 is 0 Å². The van der Waals surface area contributed by atoms with Crippen LogP contribution in [0.15, 0.2) is 53.6 Å². The van der Waals surface area contributed by atoms with Crippen LogP contribution in [0.25, 0.3) is 0 Å². The fourth-order valence-corrected chi connectivity index (χ4v) is 1.96. The summed E-state index contributed by atoms with van der Waals surface area (Å²) in [6, 6.07) is 14.6. The Labute approximate surface area is 133 Å². The molecule has 2 rings (SSSR count). The van der Waals surface area contributed by atoms with Crippen LogP contribution in [0, 0.1) is 0 Å². The van der Waals surface area contributed by atoms with Crippen LogP contribution >= 0.6 is 11.6 Å². The summed E-state index contributed by atoms with van der Waals surface area (Å²) in [6.45, 7) is 0.101. The number of anilines is 1. The Morgan fingerprint density at radius 3 is 2.86 bits per heavy atom. The molecule has 0 unspecified atom stereocenters. The van der Waals surface area contributed by atoms with Crippen LogP contribution in [-0.4, -0.2) is 25.8 Å². The number of amides is 1. The summed E-state index contributed by atoms with van der Waals surface area (Å²) in [7, 11) is 1.58. The molecule has 0 spiro atoms. The molecule has 0 aliphatic heterocycles. The van der Waals surface area contributed by atoms with Crippen LogP contribution in [0.4, 0.5) is 5.69 Å². The highest BCUT2D eigenvalue weighted by Crippen LogP contribution is 2.15. The number of methoxy groups -OCH3 is 1. The molecule has 0 bridgehead atoms. The summed E-state index contributed by atoms with van der Waals surface area (Å²) in [6.07, 6.45) is 1.54. The van der Waals surface area contributed by atoms with E-state index in [1.165, 1.54) is 6.21 Å². The Bertz CT molecular complexity index is 674. The number of nitrogens with zero attached hydrogens (tertiary/aromatic N) is 1. The topological polar surface area (TPSA) is 62.7 Å². The predicted octanol–water partition coefficient (Wildman–Crippen LogP) is 2.91. The molecule has 2 aromatic carbocycles. The first-order valence-corrected chi connectivity index (χ1v) is 7.01. The molecule has 0 aromatic heterocycles. The van der Waals surface area contributed by atoms with Gasteiger partial charge in [-0.1, -0.05) is 29.8 Å². The Hall–Kier alpha value is -2.53. The summed E-state index contributed by atoms with van der Waals surface area (Å²) >= 11 is 5.86. The highest BCUT2D eigenvalue weighted by atomic mass is 35.5. The average molecular weight is 318 g/mol. The molecule has 2 aromatic rings. The average Bonchev–Trinajstić information content (AvgIpc) is 2.53. The van der Waals surface area contributed by atoms with E-state index in [1.54, 1.807) is 19.2 Å². The number of hydrogen-bond donors (Lipinski definition) is 2. The molecule has 1 amide bonds. The van der Waals surface area contributed by atoms with Crippen molar-refractivity contribution < 1.29 is 9.53 Å². The van der Waals surface area contributed by atoms with Gasteiger partial charge >= 0.3 is 0 Å². The lowest BCUT2D eigenvalue weighted by Crippen LogP contribution is -2.25. The Kier molecular flexibility index (Phi) is 5.80. The summed E-state index contributed by atoms with van der Waals surface area (Å²) in [5.74, 6) is 0.434. The van der Waals surface area contributed by atoms with Crippen LogP contribution in [0.5, 0.6) is 5.75 Å². The second kappa shape index (κ2) is 8.05. The smallest absolute Gasteiger partial charge is 0.259 e. The molecule has 6 heteroatoms. The van der Waals surface area contributed by atoms with Gasteiger partial charge in [0.15, 0.2) is 0 Å². The molecule has 0 aliphatic carbocycles. The fourth-order valence-electron chi connectivity index (χ4n) is 1.77. The van der Waals surface area contributed by atoms with Gasteiger partial charge in [-0.2, -0.15) is 5.10 Å². The largest absolute Gasteiger partial charge is 0.496 e. The maximum absolute atomic E-state index is 11.7. The summed E-state index contributed by atoms with van der Waals surface area (Å²) < 4.78 is 5.19. The van der Waals surface area contributed by atoms with Crippen molar-refractivity contribution in [2.45, 2.75) is 0 Å². The molecule has 22 heavy (non-hydrogen) atoms. The second-order valence-corrected chi connectivity index (χ2v) is 4.84. The zero-order valence-corrected chi connectivity index (χ0v) is 12.8. The number of halogens is 1. The highest BCUT2D eigenvalue weighted by Gasteiger charge is 2.01. The van der Waals surface area contributed by atoms with Crippen molar-refractivity contribution in [3.8, 4) is 5.75 Å². The van der Waals surface area contributed by atoms with Crippen molar-refractivity contribution in [3.63, 3.8) is 0 Å². The van der Waals surface area contributed by atoms with E-state index in [0.717, 1.165) is 11.3 Å². The third-order valence-corrected chi connectivity index (χ3v) is 3.04. The van der Waals surface area contributed by atoms with E-state index in [2.05, 4.69) is 15.8 Å². The van der Waals surface area contributed by atoms with Crippen molar-refractivity contribution in [1.82, 2.24) is 5.43 Å². The quantitative estimate of drug-likeness (QED) is 0.636. The highest BCUT2D eigenvalue weighted by molar-refractivity contribution is 6.30. The van der Waals surface area contributed by atoms with Gasteiger partial charge in [0.2, 0.25) is 0 Å². The van der Waals surface area contributed by atoms with Crippen LogP contribution in [0.2, 0.25) is 5.02 Å². The summed E-state index contributed by atoms with van der Waals surface area (Å²) in [5, 5.41) is 7.48. The number of ether oxygens (including phenoxy) is 1. The van der Waals surface area contributed by atoms with Gasteiger partial charge in [-0.15, -0.1) is 0 Å². The van der Waals surface area contributed by atoms with E-state index in [4.69, 9.17) is 16.3 Å². The van der Waals surface area contributed by atoms with Crippen molar-refractivity contribution in [1.29, 1.82) is 0 Å². The summed E-state index contributed by atoms with van der Waals surface area (Å²) in [4.78, 5) is 11.7. The molecule has 0 atom stereocenters. The van der Waals surface area contributed by atoms with Crippen molar-refractivity contribution in [2.24, 2.45) is 5.10 Å². The van der Waals surface area contributed by atoms with Gasteiger partial charge in [0.1, 0.15) is 5.75 Å². The maximum Gasteiger partial charge on any atom is 0.259 e. The Morgan fingerprint density at radius 2 is 2.09 bits per heavy atom. The van der Waals surface area contributed by atoms with Crippen LogP contribution in [-0.2, 0) is 4.79 Å². The Balaban J connectivity index is 1.83. The number of hydrogen-bond acceptors (Lipinski definition) is 4. The van der Waals surface area contributed by atoms with Gasteiger partial charge in [0.25, 0.3) is 5.91 Å². The zero-order chi connectivity index (χ0) is 15.8. The van der Waals surface area contributed by atoms with Crippen molar-refractivity contribution in [3.05, 3.63) is 59.1 Å². The van der Waals surface area contributed by atoms with Gasteiger partial charge in [-0.05, 0) is 30.3 Å². The van der Waals surface area contributed by atoms with Crippen molar-refractivity contribution in [2.75, 3.05) is 19.0 Å². The number of carbonyl (C=O) groups is 1. The minimum atomic E-state index is -0.258. The summed E-state index contributed by atoms with van der Waals surface area (Å²) in [5.41, 5.74) is 4.01. The second-order valence-electron chi connectivity index (χ2n) is 4.40. The number of rotatable bonds is 6. The van der Waals surface area contributed by atoms with Crippen molar-refractivity contribution >= 4 is 29.4 Å². The minimum absolute atomic E-state index is 0.101. The van der Waals surface area contributed by atoms with E-state index in [0.29, 0.717) is 10.8 Å². The lowest BCUT2D eigenvalue weighted by atomic mass is 10.2. The third kappa shape index (κ3) is 4.79. The predicted molar refractivity (Wildman–Crippen MR) is 88.7 cm³/mol. The number of para-hydroxylation sites is 1. The standard InChI is InChI=1S/C16H16ClN3O2/c1-22-15-8-3-2-5-12(15)10-19-20-16(21)11-18-14-7-4-6-13(17)9-14/h2-10,18H,11H2,1H3,(H,20,21)/b19-10-. The molecule has 5 nitrogen and oxygen atoms in total. The molecule has 0 saturated heterocycles. The lowest BCUT2D eigenvalue weighted by Gasteiger charge is -2.06. The van der Waals surface area contributed by atoms with Gasteiger partial charge in [-0.25, -0.2) is 5.43 Å². The van der Waals surface area contributed by atoms with Crippen LogP contribution in [0.1, 0.15) is 5.56 Å². The number of hydrazone groups is 1. The van der Waals surface area contributed by atoms with E-state index in [1.807, 2.05) is 36.4 Å². The number of carbonyl (C=O) groups excluding carboxylic acids is 1. The molecular weight excluding hydrogens is 302 g/mol. The van der Waals surface area contributed by atoms with E-state index in [-0.39, 0.29) is 12.5 Å². The monoisotopic (exact) mass is 317 g/mol. The van der Waals surface area contributed by atoms with Gasteiger partial charge < -0.3 is 10.1 Å². The molecule has 0 saturated carbocycles. The first-order chi connectivity index (χ1) is 10.7. The van der Waals surface area contributed by atoms with E-state index in [9.17, 15) is 4.79 Å². The fraction of sp³-hybridized carbons (Fsp3) is 0.125. The SMILES string of the molecule is COc1ccccc1/C=N\NC(=O)CNc1cccc(Cl)c1. The normalized spacial score (nSPS) is 10.5. The molecule has 0 heterocycles. The zero-order valence-electron chi connectivity index (χ0n) is 12.0. The molecule has 114 valence electrons. The molecule has 0 fully saturated rings. The van der Waals surface area contributed by atoms with Crippen LogP contribution in [0.3, 0.4) is 0 Å². The molecule has 0 radical (unpaired) electrons. The third-order valence-electron chi connectivity index (χ3n) is 2.81.